The number of hydrogen-bond acceptors (Lipinski definition) is 6. The molecule has 7 heteroatoms. The number of carbonyl (C=O) groups is 1. The lowest BCUT2D eigenvalue weighted by Gasteiger charge is -2.34. The third-order valence-corrected chi connectivity index (χ3v) is 5.24. The Hall–Kier alpha value is -2.41. The van der Waals surface area contributed by atoms with Crippen molar-refractivity contribution in [3.63, 3.8) is 0 Å². The molecule has 2 aliphatic rings. The van der Waals surface area contributed by atoms with Crippen LogP contribution in [0.25, 0.3) is 11.4 Å². The fourth-order valence-corrected chi connectivity index (χ4v) is 3.64. The van der Waals surface area contributed by atoms with E-state index in [-0.39, 0.29) is 11.8 Å². The van der Waals surface area contributed by atoms with E-state index >= 15 is 0 Å². The molecule has 0 atom stereocenters. The predicted molar refractivity (Wildman–Crippen MR) is 96.8 cm³/mol. The molecule has 0 radical (unpaired) electrons. The number of anilines is 1. The summed E-state index contributed by atoms with van der Waals surface area (Å²) in [5.41, 5.74) is 2.11. The van der Waals surface area contributed by atoms with Gasteiger partial charge in [0.2, 0.25) is 11.7 Å². The van der Waals surface area contributed by atoms with E-state index < -0.39 is 0 Å². The van der Waals surface area contributed by atoms with Crippen LogP contribution in [0.5, 0.6) is 0 Å². The molecule has 2 fully saturated rings. The van der Waals surface area contributed by atoms with Crippen LogP contribution in [-0.4, -0.2) is 60.3 Å². The van der Waals surface area contributed by atoms with Crippen LogP contribution in [0.4, 0.5) is 6.01 Å². The molecule has 0 N–H and O–H groups in total. The number of aromatic nitrogens is 2. The van der Waals surface area contributed by atoms with Gasteiger partial charge in [-0.2, -0.15) is 4.98 Å². The predicted octanol–water partition coefficient (Wildman–Crippen LogP) is 2.12. The van der Waals surface area contributed by atoms with Gasteiger partial charge in [-0.3, -0.25) is 4.79 Å². The van der Waals surface area contributed by atoms with E-state index in [2.05, 4.69) is 15.0 Å². The van der Waals surface area contributed by atoms with Crippen molar-refractivity contribution in [1.82, 2.24) is 15.0 Å². The van der Waals surface area contributed by atoms with Gasteiger partial charge in [0, 0.05) is 37.7 Å². The molecule has 1 amide bonds. The molecular weight excluding hydrogens is 332 g/mol. The van der Waals surface area contributed by atoms with Crippen LogP contribution in [0, 0.1) is 12.8 Å². The zero-order chi connectivity index (χ0) is 17.9. The molecule has 2 saturated heterocycles. The third kappa shape index (κ3) is 3.44. The molecule has 1 aromatic carbocycles. The molecule has 2 aromatic rings. The van der Waals surface area contributed by atoms with Crippen molar-refractivity contribution in [2.75, 3.05) is 44.3 Å². The summed E-state index contributed by atoms with van der Waals surface area (Å²) in [6.45, 7) is 6.27. The smallest absolute Gasteiger partial charge is 0.324 e. The monoisotopic (exact) mass is 356 g/mol. The number of benzene rings is 1. The summed E-state index contributed by atoms with van der Waals surface area (Å²) in [6.07, 6.45) is 1.64. The van der Waals surface area contributed by atoms with Crippen molar-refractivity contribution in [3.8, 4) is 11.4 Å². The standard InChI is InChI=1S/C19H24N4O3/c1-14-4-2-3-5-16(14)17-20-19(26-21-17)23-8-6-15(7-9-23)18(24)22-10-12-25-13-11-22/h2-5,15H,6-13H2,1H3. The summed E-state index contributed by atoms with van der Waals surface area (Å²) in [5.74, 6) is 0.965. The second kappa shape index (κ2) is 7.45. The Kier molecular flexibility index (Phi) is 4.88. The second-order valence-electron chi connectivity index (χ2n) is 6.91. The normalized spacial score (nSPS) is 19.0. The molecule has 3 heterocycles. The van der Waals surface area contributed by atoms with Crippen LogP contribution in [-0.2, 0) is 9.53 Å². The maximum atomic E-state index is 12.6. The first-order valence-electron chi connectivity index (χ1n) is 9.23. The molecule has 0 bridgehead atoms. The van der Waals surface area contributed by atoms with Crippen LogP contribution in [0.2, 0.25) is 0 Å². The van der Waals surface area contributed by atoms with Gasteiger partial charge in [-0.05, 0) is 25.3 Å². The number of ether oxygens (including phenoxy) is 1. The molecule has 1 aromatic heterocycles. The van der Waals surface area contributed by atoms with Crippen molar-refractivity contribution in [1.29, 1.82) is 0 Å². The molecule has 0 saturated carbocycles. The quantitative estimate of drug-likeness (QED) is 0.839. The third-order valence-electron chi connectivity index (χ3n) is 5.24. The molecule has 2 aliphatic heterocycles. The molecule has 7 nitrogen and oxygen atoms in total. The maximum Gasteiger partial charge on any atom is 0.324 e. The van der Waals surface area contributed by atoms with Crippen LogP contribution in [0.1, 0.15) is 18.4 Å². The summed E-state index contributed by atoms with van der Waals surface area (Å²) < 4.78 is 10.8. The first kappa shape index (κ1) is 17.0. The number of piperidine rings is 1. The summed E-state index contributed by atoms with van der Waals surface area (Å²) in [5, 5.41) is 4.13. The zero-order valence-electron chi connectivity index (χ0n) is 15.1. The molecule has 0 unspecified atom stereocenters. The van der Waals surface area contributed by atoms with Gasteiger partial charge in [0.1, 0.15) is 0 Å². The molecule has 4 rings (SSSR count). The summed E-state index contributed by atoms with van der Waals surface area (Å²) in [4.78, 5) is 21.2. The van der Waals surface area contributed by atoms with Gasteiger partial charge < -0.3 is 19.1 Å². The minimum atomic E-state index is 0.0862. The minimum absolute atomic E-state index is 0.0862. The highest BCUT2D eigenvalue weighted by Crippen LogP contribution is 2.27. The van der Waals surface area contributed by atoms with Crippen molar-refractivity contribution in [2.45, 2.75) is 19.8 Å². The first-order chi connectivity index (χ1) is 12.7. The van der Waals surface area contributed by atoms with Crippen molar-refractivity contribution in [2.24, 2.45) is 5.92 Å². The number of amides is 1. The average molecular weight is 356 g/mol. The molecule has 138 valence electrons. The Morgan fingerprint density at radius 3 is 2.58 bits per heavy atom. The lowest BCUT2D eigenvalue weighted by Crippen LogP contribution is -2.46. The SMILES string of the molecule is Cc1ccccc1-c1noc(N2CCC(C(=O)N3CCOCC3)CC2)n1. The molecule has 0 spiro atoms. The highest BCUT2D eigenvalue weighted by molar-refractivity contribution is 5.79. The van der Waals surface area contributed by atoms with E-state index in [0.717, 1.165) is 37.1 Å². The summed E-state index contributed by atoms with van der Waals surface area (Å²) in [6, 6.07) is 8.54. The second-order valence-corrected chi connectivity index (χ2v) is 6.91. The fraction of sp³-hybridized carbons (Fsp3) is 0.526. The van der Waals surface area contributed by atoms with E-state index in [1.807, 2.05) is 36.1 Å². The molecule has 0 aliphatic carbocycles. The van der Waals surface area contributed by atoms with Gasteiger partial charge >= 0.3 is 6.01 Å². The topological polar surface area (TPSA) is 71.7 Å². The van der Waals surface area contributed by atoms with E-state index in [1.54, 1.807) is 0 Å². The van der Waals surface area contributed by atoms with Crippen LogP contribution in [0.3, 0.4) is 0 Å². The van der Waals surface area contributed by atoms with Gasteiger partial charge in [0.15, 0.2) is 0 Å². The van der Waals surface area contributed by atoms with Crippen LogP contribution >= 0.6 is 0 Å². The van der Waals surface area contributed by atoms with Crippen molar-refractivity contribution in [3.05, 3.63) is 29.8 Å². The lowest BCUT2D eigenvalue weighted by atomic mass is 9.95. The Morgan fingerprint density at radius 2 is 1.85 bits per heavy atom. The highest BCUT2D eigenvalue weighted by atomic mass is 16.5. The number of carbonyl (C=O) groups excluding carboxylic acids is 1. The van der Waals surface area contributed by atoms with E-state index in [4.69, 9.17) is 9.26 Å². The average Bonchev–Trinajstić information content (AvgIpc) is 3.18. The number of hydrogen-bond donors (Lipinski definition) is 0. The number of nitrogens with zero attached hydrogens (tertiary/aromatic N) is 4. The largest absolute Gasteiger partial charge is 0.378 e. The van der Waals surface area contributed by atoms with Gasteiger partial charge in [0.25, 0.3) is 0 Å². The minimum Gasteiger partial charge on any atom is -0.378 e. The van der Waals surface area contributed by atoms with Crippen LogP contribution < -0.4 is 4.90 Å². The van der Waals surface area contributed by atoms with E-state index in [9.17, 15) is 4.79 Å². The Bertz CT molecular complexity index is 762. The number of aryl methyl sites for hydroxylation is 1. The van der Waals surface area contributed by atoms with Crippen molar-refractivity contribution >= 4 is 11.9 Å². The zero-order valence-corrected chi connectivity index (χ0v) is 15.1. The number of morpholine rings is 1. The summed E-state index contributed by atoms with van der Waals surface area (Å²) >= 11 is 0. The van der Waals surface area contributed by atoms with Gasteiger partial charge in [0.05, 0.1) is 13.2 Å². The number of rotatable bonds is 3. The molecular formula is C19H24N4O3. The van der Waals surface area contributed by atoms with Gasteiger partial charge in [-0.1, -0.05) is 29.4 Å². The van der Waals surface area contributed by atoms with E-state index in [1.165, 1.54) is 0 Å². The maximum absolute atomic E-state index is 12.6. The van der Waals surface area contributed by atoms with Crippen molar-refractivity contribution < 1.29 is 14.1 Å². The lowest BCUT2D eigenvalue weighted by molar-refractivity contribution is -0.140. The summed E-state index contributed by atoms with van der Waals surface area (Å²) in [7, 11) is 0. The fourth-order valence-electron chi connectivity index (χ4n) is 3.64. The Balaban J connectivity index is 1.38. The van der Waals surface area contributed by atoms with E-state index in [0.29, 0.717) is 38.1 Å². The van der Waals surface area contributed by atoms with Gasteiger partial charge in [-0.25, -0.2) is 0 Å². The molecule has 26 heavy (non-hydrogen) atoms. The Labute approximate surface area is 152 Å². The highest BCUT2D eigenvalue weighted by Gasteiger charge is 2.31. The Morgan fingerprint density at radius 1 is 1.12 bits per heavy atom. The first-order valence-corrected chi connectivity index (χ1v) is 9.23. The van der Waals surface area contributed by atoms with Crippen LogP contribution in [0.15, 0.2) is 28.8 Å². The van der Waals surface area contributed by atoms with Gasteiger partial charge in [-0.15, -0.1) is 0 Å².